The van der Waals surface area contributed by atoms with Crippen LogP contribution in [0.25, 0.3) is 11.0 Å². The molecule has 0 aliphatic rings. The lowest BCUT2D eigenvalue weighted by atomic mass is 10.1. The predicted octanol–water partition coefficient (Wildman–Crippen LogP) is 3.33. The number of imidazole rings is 1. The van der Waals surface area contributed by atoms with Crippen molar-refractivity contribution in [1.82, 2.24) is 9.55 Å². The van der Waals surface area contributed by atoms with Crippen LogP contribution in [0.1, 0.15) is 44.9 Å². The van der Waals surface area contributed by atoms with E-state index < -0.39 is 5.97 Å². The lowest BCUT2D eigenvalue weighted by Crippen LogP contribution is -2.14. The fraction of sp³-hybridized carbons (Fsp3) is 0.471. The first-order valence-corrected chi connectivity index (χ1v) is 8.01. The number of unbranched alkanes of at least 4 members (excludes halogenated alkanes) is 4. The van der Waals surface area contributed by atoms with Crippen molar-refractivity contribution in [1.29, 1.82) is 0 Å². The Morgan fingerprint density at radius 3 is 2.43 bits per heavy atom. The largest absolute Gasteiger partial charge is 0.481 e. The monoisotopic (exact) mass is 317 g/mol. The number of aliphatic carboxylic acids is 1. The number of fused-ring (bicyclic) bond motifs is 1. The van der Waals surface area contributed by atoms with Crippen LogP contribution in [0.3, 0.4) is 0 Å². The number of benzene rings is 1. The van der Waals surface area contributed by atoms with Gasteiger partial charge in [0.1, 0.15) is 0 Å². The van der Waals surface area contributed by atoms with Gasteiger partial charge in [0, 0.05) is 19.9 Å². The molecule has 0 radical (unpaired) electrons. The van der Waals surface area contributed by atoms with Crippen molar-refractivity contribution in [2.45, 2.75) is 44.9 Å². The van der Waals surface area contributed by atoms with E-state index in [2.05, 4.69) is 10.3 Å². The summed E-state index contributed by atoms with van der Waals surface area (Å²) in [6.07, 6.45) is 5.01. The van der Waals surface area contributed by atoms with Crippen LogP contribution in [0.2, 0.25) is 0 Å². The van der Waals surface area contributed by atoms with Gasteiger partial charge in [-0.15, -0.1) is 0 Å². The number of carbonyl (C=O) groups excluding carboxylic acids is 1. The van der Waals surface area contributed by atoms with Gasteiger partial charge < -0.3 is 9.67 Å². The Labute approximate surface area is 135 Å². The van der Waals surface area contributed by atoms with Crippen molar-refractivity contribution in [3.63, 3.8) is 0 Å². The van der Waals surface area contributed by atoms with Gasteiger partial charge in [-0.05, 0) is 25.0 Å². The van der Waals surface area contributed by atoms with E-state index in [0.29, 0.717) is 18.8 Å². The van der Waals surface area contributed by atoms with Gasteiger partial charge in [0.2, 0.25) is 11.9 Å². The number of para-hydroxylation sites is 2. The number of nitrogens with zero attached hydrogens (tertiary/aromatic N) is 2. The minimum absolute atomic E-state index is 0.0334. The molecular weight excluding hydrogens is 294 g/mol. The van der Waals surface area contributed by atoms with Crippen LogP contribution in [0.15, 0.2) is 24.3 Å². The normalized spacial score (nSPS) is 10.8. The van der Waals surface area contributed by atoms with Gasteiger partial charge in [-0.25, -0.2) is 4.98 Å². The number of carbonyl (C=O) groups is 2. The van der Waals surface area contributed by atoms with E-state index in [1.54, 1.807) is 0 Å². The molecule has 2 aromatic rings. The van der Waals surface area contributed by atoms with E-state index in [-0.39, 0.29) is 12.3 Å². The van der Waals surface area contributed by atoms with E-state index >= 15 is 0 Å². The minimum atomic E-state index is -0.744. The molecule has 124 valence electrons. The number of anilines is 1. The first-order valence-electron chi connectivity index (χ1n) is 8.01. The SMILES string of the molecule is Cn1c(NC(=O)CCCCCCCC(=O)O)nc2ccccc21. The summed E-state index contributed by atoms with van der Waals surface area (Å²) in [5.74, 6) is -0.210. The van der Waals surface area contributed by atoms with Crippen LogP contribution in [0.5, 0.6) is 0 Å². The summed E-state index contributed by atoms with van der Waals surface area (Å²) in [7, 11) is 1.88. The Kier molecular flexibility index (Phi) is 6.14. The quantitative estimate of drug-likeness (QED) is 0.695. The van der Waals surface area contributed by atoms with E-state index in [1.165, 1.54) is 0 Å². The summed E-state index contributed by atoms with van der Waals surface area (Å²) in [6, 6.07) is 7.75. The van der Waals surface area contributed by atoms with Crippen molar-refractivity contribution in [3.05, 3.63) is 24.3 Å². The zero-order valence-corrected chi connectivity index (χ0v) is 13.4. The van der Waals surface area contributed by atoms with Gasteiger partial charge in [-0.2, -0.15) is 0 Å². The molecule has 23 heavy (non-hydrogen) atoms. The highest BCUT2D eigenvalue weighted by atomic mass is 16.4. The topological polar surface area (TPSA) is 84.2 Å². The van der Waals surface area contributed by atoms with Crippen molar-refractivity contribution in [2.75, 3.05) is 5.32 Å². The zero-order valence-electron chi connectivity index (χ0n) is 13.4. The van der Waals surface area contributed by atoms with Crippen LogP contribution in [0, 0.1) is 0 Å². The Morgan fingerprint density at radius 2 is 1.74 bits per heavy atom. The van der Waals surface area contributed by atoms with Crippen LogP contribution in [-0.2, 0) is 16.6 Å². The van der Waals surface area contributed by atoms with Crippen LogP contribution in [0.4, 0.5) is 5.95 Å². The number of aromatic nitrogens is 2. The molecule has 0 fully saturated rings. The Balaban J connectivity index is 1.70. The number of nitrogens with one attached hydrogen (secondary N) is 1. The first-order chi connectivity index (χ1) is 11.1. The molecule has 2 rings (SSSR count). The second kappa shape index (κ2) is 8.31. The number of carboxylic acids is 1. The minimum Gasteiger partial charge on any atom is -0.481 e. The molecule has 1 heterocycles. The number of carboxylic acid groups (broad SMARTS) is 1. The molecule has 1 aromatic heterocycles. The fourth-order valence-corrected chi connectivity index (χ4v) is 2.54. The average molecular weight is 317 g/mol. The maximum Gasteiger partial charge on any atom is 0.303 e. The third-order valence-corrected chi connectivity index (χ3v) is 3.83. The van der Waals surface area contributed by atoms with E-state index in [1.807, 2.05) is 35.9 Å². The Hall–Kier alpha value is -2.37. The van der Waals surface area contributed by atoms with E-state index in [4.69, 9.17) is 5.11 Å². The lowest BCUT2D eigenvalue weighted by Gasteiger charge is -2.05. The summed E-state index contributed by atoms with van der Waals surface area (Å²) in [6.45, 7) is 0. The highest BCUT2D eigenvalue weighted by Crippen LogP contribution is 2.18. The molecule has 6 heteroatoms. The standard InChI is InChI=1S/C17H23N3O3/c1-20-14-10-8-7-9-13(14)18-17(20)19-15(21)11-5-3-2-4-6-12-16(22)23/h7-10H,2-6,11-12H2,1H3,(H,22,23)(H,18,19,21). The first kappa shape index (κ1) is 17.0. The summed E-state index contributed by atoms with van der Waals surface area (Å²) in [5, 5.41) is 11.4. The summed E-state index contributed by atoms with van der Waals surface area (Å²) in [4.78, 5) is 26.8. The van der Waals surface area contributed by atoms with Crippen molar-refractivity contribution >= 4 is 28.9 Å². The number of hydrogen-bond donors (Lipinski definition) is 2. The summed E-state index contributed by atoms with van der Waals surface area (Å²) >= 11 is 0. The molecule has 0 saturated carbocycles. The molecule has 1 amide bonds. The van der Waals surface area contributed by atoms with Crippen molar-refractivity contribution < 1.29 is 14.7 Å². The predicted molar refractivity (Wildman–Crippen MR) is 89.3 cm³/mol. The van der Waals surface area contributed by atoms with Crippen molar-refractivity contribution in [2.24, 2.45) is 7.05 Å². The maximum absolute atomic E-state index is 12.0. The zero-order chi connectivity index (χ0) is 16.7. The molecule has 0 spiro atoms. The van der Waals surface area contributed by atoms with Gasteiger partial charge >= 0.3 is 5.97 Å². The Bertz CT molecular complexity index is 679. The third-order valence-electron chi connectivity index (χ3n) is 3.83. The molecule has 0 atom stereocenters. The average Bonchev–Trinajstić information content (AvgIpc) is 2.83. The highest BCUT2D eigenvalue weighted by molar-refractivity contribution is 5.91. The second-order valence-electron chi connectivity index (χ2n) is 5.69. The molecule has 0 saturated heterocycles. The molecule has 2 N–H and O–H groups in total. The molecule has 0 aliphatic carbocycles. The third kappa shape index (κ3) is 5.09. The van der Waals surface area contributed by atoms with Gasteiger partial charge in [0.25, 0.3) is 0 Å². The number of hydrogen-bond acceptors (Lipinski definition) is 3. The smallest absolute Gasteiger partial charge is 0.303 e. The number of amides is 1. The molecule has 6 nitrogen and oxygen atoms in total. The molecule has 0 bridgehead atoms. The van der Waals surface area contributed by atoms with Crippen LogP contribution in [-0.4, -0.2) is 26.5 Å². The maximum atomic E-state index is 12.0. The highest BCUT2D eigenvalue weighted by Gasteiger charge is 2.10. The molecular formula is C17H23N3O3. The van der Waals surface area contributed by atoms with Crippen LogP contribution >= 0.6 is 0 Å². The van der Waals surface area contributed by atoms with Gasteiger partial charge in [-0.1, -0.05) is 31.4 Å². The number of rotatable bonds is 9. The fourth-order valence-electron chi connectivity index (χ4n) is 2.54. The van der Waals surface area contributed by atoms with Crippen LogP contribution < -0.4 is 5.32 Å². The van der Waals surface area contributed by atoms with E-state index in [9.17, 15) is 9.59 Å². The Morgan fingerprint density at radius 1 is 1.09 bits per heavy atom. The molecule has 0 aliphatic heterocycles. The lowest BCUT2D eigenvalue weighted by molar-refractivity contribution is -0.137. The van der Waals surface area contributed by atoms with Crippen molar-refractivity contribution in [3.8, 4) is 0 Å². The summed E-state index contributed by atoms with van der Waals surface area (Å²) in [5.41, 5.74) is 1.85. The second-order valence-corrected chi connectivity index (χ2v) is 5.69. The van der Waals surface area contributed by atoms with Gasteiger partial charge in [0.05, 0.1) is 11.0 Å². The molecule has 0 unspecified atom stereocenters. The molecule has 1 aromatic carbocycles. The van der Waals surface area contributed by atoms with Gasteiger partial charge in [-0.3, -0.25) is 14.9 Å². The van der Waals surface area contributed by atoms with Gasteiger partial charge in [0.15, 0.2) is 0 Å². The van der Waals surface area contributed by atoms with E-state index in [0.717, 1.165) is 36.7 Å². The number of aryl methyl sites for hydroxylation is 1. The summed E-state index contributed by atoms with van der Waals surface area (Å²) < 4.78 is 1.87.